The van der Waals surface area contributed by atoms with Crippen molar-refractivity contribution in [1.82, 2.24) is 19.9 Å². The lowest BCUT2D eigenvalue weighted by atomic mass is 9.90. The number of aromatic nitrogens is 4. The lowest BCUT2D eigenvalue weighted by Gasteiger charge is -2.21. The number of imidazole rings is 1. The predicted octanol–water partition coefficient (Wildman–Crippen LogP) is 5.01. The van der Waals surface area contributed by atoms with Crippen molar-refractivity contribution < 1.29 is 17.9 Å². The number of nitrogens with zero attached hydrogens (tertiary/aromatic N) is 3. The summed E-state index contributed by atoms with van der Waals surface area (Å²) in [6, 6.07) is 13.8. The van der Waals surface area contributed by atoms with Gasteiger partial charge in [-0.1, -0.05) is 31.4 Å². The van der Waals surface area contributed by atoms with Crippen LogP contribution < -0.4 is 19.5 Å². The first kappa shape index (κ1) is 24.8. The first-order chi connectivity index (χ1) is 18.0. The Kier molecular flexibility index (Phi) is 7.40. The molecular formula is C26H30N6O4S. The molecule has 0 radical (unpaired) electrons. The minimum Gasteiger partial charge on any atom is -0.497 e. The third-order valence-electron chi connectivity index (χ3n) is 6.34. The first-order valence-electron chi connectivity index (χ1n) is 12.3. The van der Waals surface area contributed by atoms with Crippen molar-refractivity contribution in [1.29, 1.82) is 0 Å². The van der Waals surface area contributed by atoms with E-state index in [-0.39, 0.29) is 5.75 Å². The van der Waals surface area contributed by atoms with Gasteiger partial charge in [-0.15, -0.1) is 0 Å². The number of benzene rings is 2. The fraction of sp³-hybridized carbons (Fsp3) is 0.346. The Bertz CT molecular complexity index is 1450. The van der Waals surface area contributed by atoms with Gasteiger partial charge in [0, 0.05) is 11.4 Å². The monoisotopic (exact) mass is 522 g/mol. The topological polar surface area (TPSA) is 131 Å². The third kappa shape index (κ3) is 6.48. The number of H-pyrrole nitrogens is 1. The average Bonchev–Trinajstić information content (AvgIpc) is 3.37. The molecule has 4 aromatic rings. The number of aromatic amines is 1. The van der Waals surface area contributed by atoms with Gasteiger partial charge in [-0.05, 0) is 60.7 Å². The number of nitrogens with one attached hydrogen (secondary N) is 3. The van der Waals surface area contributed by atoms with Gasteiger partial charge in [-0.25, -0.2) is 13.4 Å². The minimum atomic E-state index is -3.63. The van der Waals surface area contributed by atoms with E-state index in [9.17, 15) is 8.42 Å². The second-order valence-corrected chi connectivity index (χ2v) is 10.9. The number of ether oxygens (including phenoxy) is 2. The molecule has 1 aliphatic rings. The molecule has 5 rings (SSSR count). The van der Waals surface area contributed by atoms with Gasteiger partial charge in [0.2, 0.25) is 21.9 Å². The minimum absolute atomic E-state index is 0.191. The second-order valence-electron chi connectivity index (χ2n) is 9.18. The Balaban J connectivity index is 1.28. The van der Waals surface area contributed by atoms with Gasteiger partial charge in [0.1, 0.15) is 11.3 Å². The fourth-order valence-corrected chi connectivity index (χ4v) is 5.67. The van der Waals surface area contributed by atoms with E-state index in [1.807, 2.05) is 6.07 Å². The Morgan fingerprint density at radius 2 is 1.84 bits per heavy atom. The lowest BCUT2D eigenvalue weighted by molar-refractivity contribution is 0.205. The summed E-state index contributed by atoms with van der Waals surface area (Å²) in [6.45, 7) is 0.610. The van der Waals surface area contributed by atoms with Crippen LogP contribution in [0.4, 0.5) is 17.3 Å². The number of anilines is 3. The molecule has 11 heteroatoms. The van der Waals surface area contributed by atoms with Gasteiger partial charge >= 0.3 is 0 Å². The van der Waals surface area contributed by atoms with Gasteiger partial charge in [0.25, 0.3) is 0 Å². The SMILES string of the molecule is COc1ccc(NS(=O)(=O)Cc2cccc(Nc3nc(OCC4CCCCC4)c4[nH]cnc4n3)c2)cc1. The average molecular weight is 523 g/mol. The van der Waals surface area contributed by atoms with Crippen LogP contribution in [0.15, 0.2) is 54.9 Å². The van der Waals surface area contributed by atoms with E-state index >= 15 is 0 Å². The number of rotatable bonds is 10. The molecule has 0 spiro atoms. The van der Waals surface area contributed by atoms with Crippen molar-refractivity contribution in [3.8, 4) is 11.6 Å². The summed E-state index contributed by atoms with van der Waals surface area (Å²) < 4.78 is 39.3. The molecule has 2 aromatic carbocycles. The fourth-order valence-electron chi connectivity index (χ4n) is 4.48. The standard InChI is InChI=1S/C26H30N6O4S/c1-35-22-12-10-20(11-13-22)32-37(33,34)16-19-8-5-9-21(14-19)29-26-30-24-23(27-17-28-24)25(31-26)36-15-18-6-3-2-4-7-18/h5,8-14,17-18,32H,2-4,6-7,15-16H2,1H3,(H2,27,28,29,30,31). The van der Waals surface area contributed by atoms with Crippen molar-refractivity contribution in [3.63, 3.8) is 0 Å². The molecule has 1 aliphatic carbocycles. The highest BCUT2D eigenvalue weighted by Gasteiger charge is 2.18. The number of sulfonamides is 1. The number of hydrogen-bond acceptors (Lipinski definition) is 8. The molecule has 0 aliphatic heterocycles. The van der Waals surface area contributed by atoms with E-state index < -0.39 is 10.0 Å². The molecule has 0 amide bonds. The van der Waals surface area contributed by atoms with Crippen LogP contribution in [0, 0.1) is 5.92 Å². The molecule has 1 fully saturated rings. The summed E-state index contributed by atoms with van der Waals surface area (Å²) in [5, 5.41) is 3.17. The summed E-state index contributed by atoms with van der Waals surface area (Å²) in [4.78, 5) is 16.4. The molecule has 37 heavy (non-hydrogen) atoms. The quantitative estimate of drug-likeness (QED) is 0.265. The van der Waals surface area contributed by atoms with Crippen LogP contribution in [-0.4, -0.2) is 42.1 Å². The molecule has 10 nitrogen and oxygen atoms in total. The number of methoxy groups -OCH3 is 1. The van der Waals surface area contributed by atoms with E-state index in [1.54, 1.807) is 55.9 Å². The normalized spacial score (nSPS) is 14.4. The molecule has 0 saturated heterocycles. The second kappa shape index (κ2) is 11.0. The van der Waals surface area contributed by atoms with E-state index in [2.05, 4.69) is 30.0 Å². The highest BCUT2D eigenvalue weighted by molar-refractivity contribution is 7.91. The van der Waals surface area contributed by atoms with E-state index in [0.29, 0.717) is 58.2 Å². The van der Waals surface area contributed by atoms with E-state index in [0.717, 1.165) is 0 Å². The molecule has 1 saturated carbocycles. The summed E-state index contributed by atoms with van der Waals surface area (Å²) in [7, 11) is -2.07. The van der Waals surface area contributed by atoms with Crippen LogP contribution in [0.2, 0.25) is 0 Å². The van der Waals surface area contributed by atoms with Crippen LogP contribution in [0.1, 0.15) is 37.7 Å². The summed E-state index contributed by atoms with van der Waals surface area (Å²) in [5.74, 6) is 1.78. The molecule has 2 heterocycles. The lowest BCUT2D eigenvalue weighted by Crippen LogP contribution is -2.16. The van der Waals surface area contributed by atoms with Gasteiger partial charge < -0.3 is 19.8 Å². The smallest absolute Gasteiger partial charge is 0.245 e. The summed E-state index contributed by atoms with van der Waals surface area (Å²) in [5.41, 5.74) is 2.90. The largest absolute Gasteiger partial charge is 0.497 e. The molecule has 0 atom stereocenters. The van der Waals surface area contributed by atoms with E-state index in [1.165, 1.54) is 32.1 Å². The third-order valence-corrected chi connectivity index (χ3v) is 7.60. The number of hydrogen-bond donors (Lipinski definition) is 3. The van der Waals surface area contributed by atoms with Crippen LogP contribution in [0.25, 0.3) is 11.2 Å². The van der Waals surface area contributed by atoms with Crippen LogP contribution in [0.3, 0.4) is 0 Å². The maximum Gasteiger partial charge on any atom is 0.245 e. The Morgan fingerprint density at radius 3 is 2.62 bits per heavy atom. The van der Waals surface area contributed by atoms with Crippen molar-refractivity contribution >= 4 is 38.5 Å². The van der Waals surface area contributed by atoms with Crippen molar-refractivity contribution in [3.05, 3.63) is 60.4 Å². The maximum absolute atomic E-state index is 12.7. The van der Waals surface area contributed by atoms with Gasteiger partial charge in [0.15, 0.2) is 5.65 Å². The summed E-state index contributed by atoms with van der Waals surface area (Å²) >= 11 is 0. The summed E-state index contributed by atoms with van der Waals surface area (Å²) in [6.07, 6.45) is 7.69. The zero-order valence-electron chi connectivity index (χ0n) is 20.6. The Hall–Kier alpha value is -3.86. The van der Waals surface area contributed by atoms with Gasteiger partial charge in [0.05, 0.1) is 25.8 Å². The van der Waals surface area contributed by atoms with Crippen LogP contribution >= 0.6 is 0 Å². The molecule has 0 bridgehead atoms. The van der Waals surface area contributed by atoms with Gasteiger partial charge in [-0.3, -0.25) is 4.72 Å². The van der Waals surface area contributed by atoms with E-state index in [4.69, 9.17) is 9.47 Å². The van der Waals surface area contributed by atoms with Crippen molar-refractivity contribution in [2.24, 2.45) is 5.92 Å². The highest BCUT2D eigenvalue weighted by Crippen LogP contribution is 2.27. The first-order valence-corrected chi connectivity index (χ1v) is 14.0. The molecule has 0 unspecified atom stereocenters. The molecule has 3 N–H and O–H groups in total. The van der Waals surface area contributed by atoms with Crippen LogP contribution in [-0.2, 0) is 15.8 Å². The van der Waals surface area contributed by atoms with Gasteiger partial charge in [-0.2, -0.15) is 9.97 Å². The zero-order valence-corrected chi connectivity index (χ0v) is 21.4. The number of fused-ring (bicyclic) bond motifs is 1. The Labute approximate surface area is 215 Å². The Morgan fingerprint density at radius 1 is 1.03 bits per heavy atom. The molecular weight excluding hydrogens is 492 g/mol. The van der Waals surface area contributed by atoms with Crippen molar-refractivity contribution in [2.45, 2.75) is 37.9 Å². The van der Waals surface area contributed by atoms with Crippen LogP contribution in [0.5, 0.6) is 11.6 Å². The molecule has 2 aromatic heterocycles. The van der Waals surface area contributed by atoms with Crippen molar-refractivity contribution in [2.75, 3.05) is 23.8 Å². The predicted molar refractivity (Wildman–Crippen MR) is 143 cm³/mol. The zero-order chi connectivity index (χ0) is 25.7. The maximum atomic E-state index is 12.7. The molecule has 194 valence electrons. The highest BCUT2D eigenvalue weighted by atomic mass is 32.2.